The van der Waals surface area contributed by atoms with E-state index in [0.29, 0.717) is 0 Å². The van der Waals surface area contributed by atoms with Crippen molar-refractivity contribution < 1.29 is 0 Å². The Labute approximate surface area is 97.9 Å². The van der Waals surface area contributed by atoms with Crippen molar-refractivity contribution in [1.82, 2.24) is 0 Å². The van der Waals surface area contributed by atoms with Crippen molar-refractivity contribution in [1.29, 1.82) is 0 Å². The molecule has 0 radical (unpaired) electrons. The smallest absolute Gasteiger partial charge is 0.0149 e. The molecular weight excluding hydrogens is 196 g/mol. The molecule has 0 aromatic heterocycles. The molecule has 84 valence electrons. The highest BCUT2D eigenvalue weighted by atomic mass is 28.1. The van der Waals surface area contributed by atoms with Crippen LogP contribution in [0.2, 0.25) is 0 Å². The highest BCUT2D eigenvalue weighted by Gasteiger charge is 2.25. The molecule has 0 aromatic rings. The summed E-state index contributed by atoms with van der Waals surface area (Å²) >= 11 is 0. The molecule has 4 aliphatic carbocycles. The molecule has 4 atom stereocenters. The van der Waals surface area contributed by atoms with E-state index in [1.54, 1.807) is 0 Å². The maximum atomic E-state index is 2.38. The topological polar surface area (TPSA) is 0 Å². The van der Waals surface area contributed by atoms with Gasteiger partial charge in [0.25, 0.3) is 0 Å². The number of fused-ring (bicyclic) bond motifs is 4. The third kappa shape index (κ3) is 2.44. The zero-order chi connectivity index (χ0) is 9.38. The summed E-state index contributed by atoms with van der Waals surface area (Å²) in [5, 5.41) is 0. The van der Waals surface area contributed by atoms with Crippen LogP contribution < -0.4 is 0 Å². The SMILES string of the molecule is C1=CC2CCC1C2.C1=CC2CCC1C2.[SiH4]. The first-order valence-corrected chi connectivity index (χ1v) is 6.27. The van der Waals surface area contributed by atoms with Crippen LogP contribution in [0.5, 0.6) is 0 Å². The third-order valence-corrected chi connectivity index (χ3v) is 4.34. The van der Waals surface area contributed by atoms with Gasteiger partial charge in [0.1, 0.15) is 0 Å². The van der Waals surface area contributed by atoms with E-state index in [4.69, 9.17) is 0 Å². The molecule has 4 rings (SSSR count). The van der Waals surface area contributed by atoms with Crippen molar-refractivity contribution in [3.8, 4) is 0 Å². The van der Waals surface area contributed by atoms with E-state index in [2.05, 4.69) is 24.3 Å². The second-order valence-electron chi connectivity index (χ2n) is 5.44. The molecule has 0 spiro atoms. The van der Waals surface area contributed by atoms with Gasteiger partial charge in [0.15, 0.2) is 0 Å². The Bertz CT molecular complexity index is 215. The van der Waals surface area contributed by atoms with Gasteiger partial charge in [0.05, 0.1) is 0 Å². The Balaban J connectivity index is 0.000000107. The van der Waals surface area contributed by atoms with Crippen LogP contribution in [0.15, 0.2) is 24.3 Å². The van der Waals surface area contributed by atoms with Gasteiger partial charge in [0, 0.05) is 0 Å². The van der Waals surface area contributed by atoms with Gasteiger partial charge in [-0.2, -0.15) is 0 Å². The van der Waals surface area contributed by atoms with Crippen molar-refractivity contribution in [3.05, 3.63) is 24.3 Å². The average molecular weight is 220 g/mol. The van der Waals surface area contributed by atoms with E-state index in [0.717, 1.165) is 23.7 Å². The summed E-state index contributed by atoms with van der Waals surface area (Å²) in [6.45, 7) is 0. The summed E-state index contributed by atoms with van der Waals surface area (Å²) < 4.78 is 0. The lowest BCUT2D eigenvalue weighted by molar-refractivity contribution is 0.691. The van der Waals surface area contributed by atoms with Gasteiger partial charge < -0.3 is 0 Å². The average Bonchev–Trinajstić information content (AvgIpc) is 3.01. The van der Waals surface area contributed by atoms with Crippen molar-refractivity contribution >= 4 is 11.0 Å². The number of hydrogen-bond donors (Lipinski definition) is 0. The molecule has 0 aliphatic heterocycles. The van der Waals surface area contributed by atoms with Crippen LogP contribution in [-0.2, 0) is 0 Å². The van der Waals surface area contributed by atoms with E-state index < -0.39 is 0 Å². The molecule has 4 aliphatic rings. The fourth-order valence-electron chi connectivity index (χ4n) is 3.43. The zero-order valence-corrected chi connectivity index (χ0v) is 8.86. The van der Waals surface area contributed by atoms with Crippen LogP contribution in [0.4, 0.5) is 0 Å². The Kier molecular flexibility index (Phi) is 3.50. The molecular formula is C14H24Si. The van der Waals surface area contributed by atoms with Crippen LogP contribution in [0.25, 0.3) is 0 Å². The minimum atomic E-state index is 0. The summed E-state index contributed by atoms with van der Waals surface area (Å²) in [4.78, 5) is 0. The van der Waals surface area contributed by atoms with E-state index in [1.165, 1.54) is 38.5 Å². The second-order valence-corrected chi connectivity index (χ2v) is 5.44. The zero-order valence-electron chi connectivity index (χ0n) is 8.86. The Morgan fingerprint density at radius 1 is 0.533 bits per heavy atom. The summed E-state index contributed by atoms with van der Waals surface area (Å²) in [5.74, 6) is 3.96. The molecule has 4 unspecified atom stereocenters. The van der Waals surface area contributed by atoms with Crippen LogP contribution >= 0.6 is 0 Å². The fourth-order valence-corrected chi connectivity index (χ4v) is 3.43. The monoisotopic (exact) mass is 220 g/mol. The van der Waals surface area contributed by atoms with Crippen LogP contribution in [0.3, 0.4) is 0 Å². The molecule has 0 amide bonds. The Morgan fingerprint density at radius 3 is 0.867 bits per heavy atom. The molecule has 0 N–H and O–H groups in total. The number of hydrogen-bond acceptors (Lipinski definition) is 0. The van der Waals surface area contributed by atoms with Gasteiger partial charge >= 0.3 is 0 Å². The number of rotatable bonds is 0. The first kappa shape index (κ1) is 11.2. The maximum absolute atomic E-state index is 2.38. The molecule has 2 saturated carbocycles. The third-order valence-electron chi connectivity index (χ3n) is 4.34. The van der Waals surface area contributed by atoms with Gasteiger partial charge in [-0.3, -0.25) is 0 Å². The number of allylic oxidation sites excluding steroid dienone is 4. The predicted molar refractivity (Wildman–Crippen MR) is 71.3 cm³/mol. The van der Waals surface area contributed by atoms with Crippen molar-refractivity contribution in [2.45, 2.75) is 38.5 Å². The summed E-state index contributed by atoms with van der Waals surface area (Å²) in [5.41, 5.74) is 0. The van der Waals surface area contributed by atoms with Crippen LogP contribution in [-0.4, -0.2) is 11.0 Å². The standard InChI is InChI=1S/2C7H10.H4Si/c2*1-2-7-4-3-6(1)5-7;/h2*1-2,6-7H,3-5H2;1H4. The van der Waals surface area contributed by atoms with Crippen molar-refractivity contribution in [2.24, 2.45) is 23.7 Å². The largest absolute Gasteiger partial charge is 0.0851 e. The highest BCUT2D eigenvalue weighted by molar-refractivity contribution is 5.75. The van der Waals surface area contributed by atoms with Crippen molar-refractivity contribution in [3.63, 3.8) is 0 Å². The minimum Gasteiger partial charge on any atom is -0.0851 e. The van der Waals surface area contributed by atoms with Gasteiger partial charge in [-0.15, -0.1) is 0 Å². The molecule has 0 saturated heterocycles. The molecule has 1 heteroatoms. The second kappa shape index (κ2) is 4.69. The molecule has 4 bridgehead atoms. The normalized spacial score (nSPS) is 42.7. The van der Waals surface area contributed by atoms with Gasteiger partial charge in [-0.25, -0.2) is 0 Å². The maximum Gasteiger partial charge on any atom is -0.0149 e. The van der Waals surface area contributed by atoms with E-state index in [-0.39, 0.29) is 11.0 Å². The van der Waals surface area contributed by atoms with Gasteiger partial charge in [0.2, 0.25) is 0 Å². The van der Waals surface area contributed by atoms with Crippen LogP contribution in [0, 0.1) is 23.7 Å². The highest BCUT2D eigenvalue weighted by Crippen LogP contribution is 2.38. The quantitative estimate of drug-likeness (QED) is 0.435. The van der Waals surface area contributed by atoms with E-state index in [9.17, 15) is 0 Å². The first-order chi connectivity index (χ1) is 6.90. The molecule has 0 aromatic carbocycles. The summed E-state index contributed by atoms with van der Waals surface area (Å²) in [6.07, 6.45) is 18.4. The van der Waals surface area contributed by atoms with Crippen LogP contribution in [0.1, 0.15) is 38.5 Å². The van der Waals surface area contributed by atoms with Gasteiger partial charge in [-0.1, -0.05) is 24.3 Å². The first-order valence-electron chi connectivity index (χ1n) is 6.27. The Morgan fingerprint density at radius 2 is 0.800 bits per heavy atom. The van der Waals surface area contributed by atoms with E-state index >= 15 is 0 Å². The minimum absolute atomic E-state index is 0. The van der Waals surface area contributed by atoms with Gasteiger partial charge in [-0.05, 0) is 73.2 Å². The molecule has 2 fully saturated rings. The lowest BCUT2D eigenvalue weighted by Gasteiger charge is -1.96. The Hall–Kier alpha value is -0.303. The van der Waals surface area contributed by atoms with Crippen molar-refractivity contribution in [2.75, 3.05) is 0 Å². The summed E-state index contributed by atoms with van der Waals surface area (Å²) in [6, 6.07) is 0. The molecule has 15 heavy (non-hydrogen) atoms. The fraction of sp³-hybridized carbons (Fsp3) is 0.714. The predicted octanol–water partition coefficient (Wildman–Crippen LogP) is 2.49. The van der Waals surface area contributed by atoms with E-state index in [1.807, 2.05) is 0 Å². The summed E-state index contributed by atoms with van der Waals surface area (Å²) in [7, 11) is 0. The molecule has 0 heterocycles. The lowest BCUT2D eigenvalue weighted by Crippen LogP contribution is -1.82. The molecule has 0 nitrogen and oxygen atoms in total. The lowest BCUT2D eigenvalue weighted by atomic mass is 10.1.